The summed E-state index contributed by atoms with van der Waals surface area (Å²) in [6.45, 7) is 2.38. The fraction of sp³-hybridized carbons (Fsp3) is 0.615. The summed E-state index contributed by atoms with van der Waals surface area (Å²) in [7, 11) is 1.34. The van der Waals surface area contributed by atoms with E-state index in [1.54, 1.807) is 10.3 Å². The molecule has 2 heterocycles. The molecule has 7 heteroatoms. The summed E-state index contributed by atoms with van der Waals surface area (Å²) < 4.78 is 4.78. The minimum absolute atomic E-state index is 0.195. The Morgan fingerprint density at radius 2 is 2.30 bits per heavy atom. The van der Waals surface area contributed by atoms with Gasteiger partial charge >= 0.3 is 5.97 Å². The molecule has 1 aromatic heterocycles. The van der Waals surface area contributed by atoms with E-state index in [9.17, 15) is 9.59 Å². The van der Waals surface area contributed by atoms with Gasteiger partial charge in [-0.1, -0.05) is 0 Å². The van der Waals surface area contributed by atoms with Crippen molar-refractivity contribution >= 4 is 23.2 Å². The predicted molar refractivity (Wildman–Crippen MR) is 75.4 cm³/mol. The summed E-state index contributed by atoms with van der Waals surface area (Å²) in [6, 6.07) is -0.694. The van der Waals surface area contributed by atoms with E-state index in [1.165, 1.54) is 18.4 Å². The second kappa shape index (κ2) is 6.32. The maximum Gasteiger partial charge on any atom is 0.328 e. The van der Waals surface area contributed by atoms with Gasteiger partial charge in [-0.2, -0.15) is 0 Å². The zero-order valence-corrected chi connectivity index (χ0v) is 12.5. The van der Waals surface area contributed by atoms with Gasteiger partial charge in [0.15, 0.2) is 0 Å². The average molecular weight is 297 g/mol. The molecular formula is C13H19N3O3S. The Bertz CT molecular complexity index is 501. The topological polar surface area (TPSA) is 85.5 Å². The lowest BCUT2D eigenvalue weighted by Gasteiger charge is -2.33. The Morgan fingerprint density at radius 1 is 1.55 bits per heavy atom. The number of aromatic nitrogens is 1. The highest BCUT2D eigenvalue weighted by Crippen LogP contribution is 2.22. The van der Waals surface area contributed by atoms with Gasteiger partial charge in [-0.25, -0.2) is 9.78 Å². The van der Waals surface area contributed by atoms with Crippen molar-refractivity contribution in [3.63, 3.8) is 0 Å². The first-order chi connectivity index (χ1) is 9.54. The Balaban J connectivity index is 2.18. The number of carbonyl (C=O) groups is 2. The van der Waals surface area contributed by atoms with Crippen molar-refractivity contribution in [2.24, 2.45) is 5.73 Å². The van der Waals surface area contributed by atoms with Crippen LogP contribution in [0.25, 0.3) is 0 Å². The van der Waals surface area contributed by atoms with Crippen molar-refractivity contribution in [2.45, 2.75) is 38.3 Å². The number of piperidine rings is 1. The molecular weight excluding hydrogens is 278 g/mol. The van der Waals surface area contributed by atoms with E-state index in [2.05, 4.69) is 4.98 Å². The van der Waals surface area contributed by atoms with Crippen molar-refractivity contribution in [3.8, 4) is 0 Å². The van der Waals surface area contributed by atoms with Gasteiger partial charge in [0.2, 0.25) is 0 Å². The van der Waals surface area contributed by atoms with Gasteiger partial charge in [0.25, 0.3) is 5.91 Å². The summed E-state index contributed by atoms with van der Waals surface area (Å²) in [4.78, 5) is 30.1. The molecule has 1 fully saturated rings. The minimum atomic E-state index is -0.498. The Morgan fingerprint density at radius 3 is 2.90 bits per heavy atom. The standard InChI is InChI=1S/C13H19N3O3S/c1-8(14)11-15-9(7-20-11)12(17)16-6-4-3-5-10(16)13(18)19-2/h7-8,10H,3-6,14H2,1-2H3. The lowest BCUT2D eigenvalue weighted by molar-refractivity contribution is -0.147. The molecule has 2 N–H and O–H groups in total. The number of thiazole rings is 1. The van der Waals surface area contributed by atoms with Crippen molar-refractivity contribution in [3.05, 3.63) is 16.1 Å². The largest absolute Gasteiger partial charge is 0.467 e. The Kier molecular flexibility index (Phi) is 4.72. The molecule has 0 radical (unpaired) electrons. The van der Waals surface area contributed by atoms with Crippen LogP contribution in [0.3, 0.4) is 0 Å². The highest BCUT2D eigenvalue weighted by Gasteiger charge is 2.34. The molecule has 2 unspecified atom stereocenters. The van der Waals surface area contributed by atoms with Crippen LogP contribution >= 0.6 is 11.3 Å². The summed E-state index contributed by atoms with van der Waals surface area (Å²) in [5.41, 5.74) is 6.11. The number of methoxy groups -OCH3 is 1. The van der Waals surface area contributed by atoms with Crippen LogP contribution in [-0.4, -0.2) is 41.5 Å². The molecule has 0 bridgehead atoms. The van der Waals surface area contributed by atoms with Gasteiger partial charge in [0.05, 0.1) is 13.2 Å². The van der Waals surface area contributed by atoms with Crippen LogP contribution in [0.2, 0.25) is 0 Å². The normalized spacial score (nSPS) is 20.6. The highest BCUT2D eigenvalue weighted by atomic mass is 32.1. The van der Waals surface area contributed by atoms with Crippen LogP contribution in [-0.2, 0) is 9.53 Å². The maximum absolute atomic E-state index is 12.5. The SMILES string of the molecule is COC(=O)C1CCCCN1C(=O)c1csc(C(C)N)n1. The summed E-state index contributed by atoms with van der Waals surface area (Å²) in [5, 5.41) is 2.42. The first-order valence-corrected chi connectivity index (χ1v) is 7.52. The zero-order chi connectivity index (χ0) is 14.7. The fourth-order valence-electron chi connectivity index (χ4n) is 2.30. The molecule has 0 aliphatic carbocycles. The number of hydrogen-bond acceptors (Lipinski definition) is 6. The third-order valence-corrected chi connectivity index (χ3v) is 4.41. The van der Waals surface area contributed by atoms with Crippen LogP contribution in [0.15, 0.2) is 5.38 Å². The smallest absolute Gasteiger partial charge is 0.328 e. The molecule has 1 aromatic rings. The Hall–Kier alpha value is -1.47. The van der Waals surface area contributed by atoms with E-state index in [4.69, 9.17) is 10.5 Å². The second-order valence-corrected chi connectivity index (χ2v) is 5.78. The molecule has 2 atom stereocenters. The molecule has 0 aromatic carbocycles. The quantitative estimate of drug-likeness (QED) is 0.851. The third kappa shape index (κ3) is 2.99. The van der Waals surface area contributed by atoms with Gasteiger partial charge in [0.1, 0.15) is 16.7 Å². The summed E-state index contributed by atoms with van der Waals surface area (Å²) in [5.74, 6) is -0.580. The Labute approximate surface area is 121 Å². The van der Waals surface area contributed by atoms with Gasteiger partial charge in [-0.3, -0.25) is 4.79 Å². The number of ether oxygens (including phenoxy) is 1. The van der Waals surface area contributed by atoms with E-state index >= 15 is 0 Å². The molecule has 1 aliphatic heterocycles. The number of esters is 1. The van der Waals surface area contributed by atoms with E-state index in [-0.39, 0.29) is 17.9 Å². The molecule has 20 heavy (non-hydrogen) atoms. The number of nitrogens with two attached hydrogens (primary N) is 1. The van der Waals surface area contributed by atoms with E-state index in [0.717, 1.165) is 17.8 Å². The van der Waals surface area contributed by atoms with Crippen LogP contribution in [0.1, 0.15) is 47.7 Å². The average Bonchev–Trinajstić information content (AvgIpc) is 2.95. The van der Waals surface area contributed by atoms with Crippen molar-refractivity contribution in [1.82, 2.24) is 9.88 Å². The minimum Gasteiger partial charge on any atom is -0.467 e. The monoisotopic (exact) mass is 297 g/mol. The van der Waals surface area contributed by atoms with Gasteiger partial charge in [-0.05, 0) is 26.2 Å². The zero-order valence-electron chi connectivity index (χ0n) is 11.7. The number of nitrogens with zero attached hydrogens (tertiary/aromatic N) is 2. The second-order valence-electron chi connectivity index (χ2n) is 4.89. The number of carbonyl (C=O) groups excluding carboxylic acids is 2. The maximum atomic E-state index is 12.5. The van der Waals surface area contributed by atoms with E-state index < -0.39 is 6.04 Å². The fourth-order valence-corrected chi connectivity index (χ4v) is 3.05. The summed E-state index contributed by atoms with van der Waals surface area (Å²) in [6.07, 6.45) is 2.46. The molecule has 2 rings (SSSR count). The molecule has 0 spiro atoms. The lowest BCUT2D eigenvalue weighted by Crippen LogP contribution is -2.48. The van der Waals surface area contributed by atoms with Crippen LogP contribution < -0.4 is 5.73 Å². The van der Waals surface area contributed by atoms with Crippen molar-refractivity contribution < 1.29 is 14.3 Å². The molecule has 6 nitrogen and oxygen atoms in total. The predicted octanol–water partition coefficient (Wildman–Crippen LogP) is 1.33. The van der Waals surface area contributed by atoms with Crippen molar-refractivity contribution in [1.29, 1.82) is 0 Å². The van der Waals surface area contributed by atoms with Gasteiger partial charge in [-0.15, -0.1) is 11.3 Å². The van der Waals surface area contributed by atoms with Crippen LogP contribution in [0.4, 0.5) is 0 Å². The van der Waals surface area contributed by atoms with Gasteiger partial charge < -0.3 is 15.4 Å². The van der Waals surface area contributed by atoms with E-state index in [0.29, 0.717) is 18.7 Å². The molecule has 110 valence electrons. The molecule has 1 amide bonds. The highest BCUT2D eigenvalue weighted by molar-refractivity contribution is 7.09. The lowest BCUT2D eigenvalue weighted by atomic mass is 10.0. The van der Waals surface area contributed by atoms with Crippen LogP contribution in [0.5, 0.6) is 0 Å². The van der Waals surface area contributed by atoms with Crippen LogP contribution in [0, 0.1) is 0 Å². The van der Waals surface area contributed by atoms with Crippen molar-refractivity contribution in [2.75, 3.05) is 13.7 Å². The third-order valence-electron chi connectivity index (χ3n) is 3.37. The number of rotatable bonds is 3. The molecule has 0 saturated carbocycles. The first-order valence-electron chi connectivity index (χ1n) is 6.64. The number of likely N-dealkylation sites (tertiary alicyclic amines) is 1. The molecule has 1 saturated heterocycles. The summed E-state index contributed by atoms with van der Waals surface area (Å²) >= 11 is 1.37. The number of amides is 1. The molecule has 1 aliphatic rings. The number of hydrogen-bond donors (Lipinski definition) is 1. The van der Waals surface area contributed by atoms with E-state index in [1.807, 2.05) is 6.92 Å². The van der Waals surface area contributed by atoms with Gasteiger partial charge in [0, 0.05) is 11.9 Å². The first kappa shape index (κ1) is 14.9.